The fourth-order valence-corrected chi connectivity index (χ4v) is 3.13. The Morgan fingerprint density at radius 2 is 1.71 bits per heavy atom. The summed E-state index contributed by atoms with van der Waals surface area (Å²) < 4.78 is 5.44. The molecule has 0 aliphatic heterocycles. The normalized spacial score (nSPS) is 11.6. The Bertz CT molecular complexity index is 1190. The summed E-state index contributed by atoms with van der Waals surface area (Å²) in [5.74, 6) is 0.164. The number of nitro benzene ring substituents is 1. The van der Waals surface area contributed by atoms with E-state index in [1.165, 1.54) is 12.1 Å². The molecule has 1 N–H and O–H groups in total. The van der Waals surface area contributed by atoms with Crippen LogP contribution in [0.25, 0.3) is 11.4 Å². The summed E-state index contributed by atoms with van der Waals surface area (Å²) in [6, 6.07) is 23.9. The number of nitrogens with one attached hydrogen (secondary N) is 1. The van der Waals surface area contributed by atoms with Gasteiger partial charge in [0.1, 0.15) is 6.04 Å². The Morgan fingerprint density at radius 1 is 1.00 bits per heavy atom. The van der Waals surface area contributed by atoms with Crippen molar-refractivity contribution >= 4 is 11.6 Å². The Labute approximate surface area is 177 Å². The van der Waals surface area contributed by atoms with Crippen molar-refractivity contribution < 1.29 is 14.2 Å². The van der Waals surface area contributed by atoms with E-state index < -0.39 is 11.0 Å². The van der Waals surface area contributed by atoms with E-state index in [0.29, 0.717) is 17.5 Å². The summed E-state index contributed by atoms with van der Waals surface area (Å²) in [4.78, 5) is 27.7. The number of carbonyl (C=O) groups is 1. The molecular weight excluding hydrogens is 396 g/mol. The third-order valence-electron chi connectivity index (χ3n) is 4.68. The predicted molar refractivity (Wildman–Crippen MR) is 113 cm³/mol. The van der Waals surface area contributed by atoms with E-state index in [2.05, 4.69) is 15.5 Å². The number of hydrogen-bond donors (Lipinski definition) is 1. The molecule has 0 saturated heterocycles. The fraction of sp³-hybridized carbons (Fsp3) is 0.0870. The first-order chi connectivity index (χ1) is 15.1. The lowest BCUT2D eigenvalue weighted by molar-refractivity contribution is -0.384. The van der Waals surface area contributed by atoms with Gasteiger partial charge in [-0.3, -0.25) is 14.9 Å². The van der Waals surface area contributed by atoms with Crippen molar-refractivity contribution in [2.75, 3.05) is 0 Å². The van der Waals surface area contributed by atoms with E-state index >= 15 is 0 Å². The number of nitrogens with zero attached hydrogens (tertiary/aromatic N) is 3. The van der Waals surface area contributed by atoms with Crippen LogP contribution in [0.5, 0.6) is 0 Å². The van der Waals surface area contributed by atoms with Gasteiger partial charge in [0.25, 0.3) is 11.6 Å². The van der Waals surface area contributed by atoms with Crippen molar-refractivity contribution in [2.45, 2.75) is 12.5 Å². The van der Waals surface area contributed by atoms with Crippen LogP contribution in [0.4, 0.5) is 5.69 Å². The molecule has 0 aliphatic carbocycles. The van der Waals surface area contributed by atoms with Crippen LogP contribution >= 0.6 is 0 Å². The average molecular weight is 414 g/mol. The largest absolute Gasteiger partial charge is 0.340 e. The van der Waals surface area contributed by atoms with Crippen molar-refractivity contribution in [2.24, 2.45) is 0 Å². The van der Waals surface area contributed by atoms with Gasteiger partial charge in [0.15, 0.2) is 0 Å². The second-order valence-electron chi connectivity index (χ2n) is 6.85. The van der Waals surface area contributed by atoms with Gasteiger partial charge in [0, 0.05) is 29.7 Å². The molecule has 0 fully saturated rings. The average Bonchev–Trinajstić information content (AvgIpc) is 3.30. The third-order valence-corrected chi connectivity index (χ3v) is 4.68. The molecule has 0 bridgehead atoms. The van der Waals surface area contributed by atoms with E-state index in [0.717, 1.165) is 5.56 Å². The molecule has 31 heavy (non-hydrogen) atoms. The topological polar surface area (TPSA) is 111 Å². The molecule has 0 aliphatic rings. The number of non-ortho nitro benzene ring substituents is 1. The number of carbonyl (C=O) groups excluding carboxylic acids is 1. The Morgan fingerprint density at radius 3 is 2.42 bits per heavy atom. The number of nitro groups is 1. The van der Waals surface area contributed by atoms with Crippen LogP contribution < -0.4 is 5.32 Å². The highest BCUT2D eigenvalue weighted by atomic mass is 16.6. The first kappa shape index (κ1) is 20.0. The van der Waals surface area contributed by atoms with Crippen molar-refractivity contribution in [1.82, 2.24) is 15.5 Å². The monoisotopic (exact) mass is 414 g/mol. The van der Waals surface area contributed by atoms with Gasteiger partial charge in [0.05, 0.1) is 4.92 Å². The number of amides is 1. The molecule has 1 heterocycles. The molecule has 4 aromatic rings. The fourth-order valence-electron chi connectivity index (χ4n) is 3.13. The van der Waals surface area contributed by atoms with E-state index in [9.17, 15) is 14.9 Å². The number of hydrogen-bond acceptors (Lipinski definition) is 6. The maximum Gasteiger partial charge on any atom is 0.270 e. The Kier molecular flexibility index (Phi) is 5.79. The van der Waals surface area contributed by atoms with Crippen molar-refractivity contribution in [1.29, 1.82) is 0 Å². The minimum atomic E-state index is -0.574. The molecule has 1 amide bonds. The number of rotatable bonds is 7. The van der Waals surface area contributed by atoms with E-state index in [1.807, 2.05) is 36.4 Å². The third kappa shape index (κ3) is 4.81. The molecule has 8 heteroatoms. The lowest BCUT2D eigenvalue weighted by Gasteiger charge is -2.15. The highest BCUT2D eigenvalue weighted by Crippen LogP contribution is 2.24. The zero-order chi connectivity index (χ0) is 21.6. The number of aromatic nitrogens is 2. The second kappa shape index (κ2) is 9.00. The van der Waals surface area contributed by atoms with Gasteiger partial charge in [-0.05, 0) is 17.7 Å². The molecule has 0 spiro atoms. The maximum atomic E-state index is 12.7. The van der Waals surface area contributed by atoms with E-state index in [-0.39, 0.29) is 23.3 Å². The maximum absolute atomic E-state index is 12.7. The van der Waals surface area contributed by atoms with Gasteiger partial charge in [-0.25, -0.2) is 0 Å². The van der Waals surface area contributed by atoms with Crippen LogP contribution in [0, 0.1) is 10.1 Å². The van der Waals surface area contributed by atoms with Crippen LogP contribution in [0.3, 0.4) is 0 Å². The van der Waals surface area contributed by atoms with Crippen LogP contribution in [0.15, 0.2) is 89.5 Å². The van der Waals surface area contributed by atoms with Gasteiger partial charge < -0.3 is 9.84 Å². The predicted octanol–water partition coefficient (Wildman–Crippen LogP) is 4.36. The van der Waals surface area contributed by atoms with Gasteiger partial charge in [0.2, 0.25) is 11.7 Å². The van der Waals surface area contributed by atoms with Crippen LogP contribution in [0.2, 0.25) is 0 Å². The van der Waals surface area contributed by atoms with Gasteiger partial charge in [-0.1, -0.05) is 65.8 Å². The summed E-state index contributed by atoms with van der Waals surface area (Å²) in [6.07, 6.45) is 0.440. The van der Waals surface area contributed by atoms with Crippen LogP contribution in [0.1, 0.15) is 27.9 Å². The molecule has 0 saturated carbocycles. The molecule has 3 aromatic carbocycles. The zero-order valence-electron chi connectivity index (χ0n) is 16.3. The summed E-state index contributed by atoms with van der Waals surface area (Å²) in [6.45, 7) is 0. The molecule has 8 nitrogen and oxygen atoms in total. The second-order valence-corrected chi connectivity index (χ2v) is 6.85. The first-order valence-electron chi connectivity index (χ1n) is 9.58. The van der Waals surface area contributed by atoms with Gasteiger partial charge in [-0.15, -0.1) is 0 Å². The molecule has 0 radical (unpaired) electrons. The highest BCUT2D eigenvalue weighted by molar-refractivity contribution is 5.94. The molecule has 4 rings (SSSR count). The lowest BCUT2D eigenvalue weighted by Crippen LogP contribution is -2.30. The van der Waals surface area contributed by atoms with Crippen molar-refractivity contribution in [3.8, 4) is 11.4 Å². The summed E-state index contributed by atoms with van der Waals surface area (Å²) in [5, 5.41) is 18.0. The summed E-state index contributed by atoms with van der Waals surface area (Å²) in [5.41, 5.74) is 1.88. The SMILES string of the molecule is O=C(N[C@H](Cc1ccccc1)c1nc(-c2cccc([N+](=O)[O-])c2)no1)c1ccccc1. The minimum absolute atomic E-state index is 0.0675. The molecule has 1 aromatic heterocycles. The quantitative estimate of drug-likeness (QED) is 0.355. The molecule has 0 unspecified atom stereocenters. The summed E-state index contributed by atoms with van der Waals surface area (Å²) >= 11 is 0. The Balaban J connectivity index is 1.63. The zero-order valence-corrected chi connectivity index (χ0v) is 16.3. The van der Waals surface area contributed by atoms with Gasteiger partial charge >= 0.3 is 0 Å². The first-order valence-corrected chi connectivity index (χ1v) is 9.58. The molecule has 154 valence electrons. The number of benzene rings is 3. The van der Waals surface area contributed by atoms with Crippen LogP contribution in [-0.4, -0.2) is 21.0 Å². The highest BCUT2D eigenvalue weighted by Gasteiger charge is 2.23. The van der Waals surface area contributed by atoms with Gasteiger partial charge in [-0.2, -0.15) is 4.98 Å². The van der Waals surface area contributed by atoms with Crippen molar-refractivity contribution in [3.63, 3.8) is 0 Å². The standard InChI is InChI=1S/C23H18N4O4/c28-22(17-10-5-2-6-11-17)24-20(14-16-8-3-1-4-9-16)23-25-21(26-31-23)18-12-7-13-19(15-18)27(29)30/h1-13,15,20H,14H2,(H,24,28)/t20-/m1/s1. The lowest BCUT2D eigenvalue weighted by atomic mass is 10.1. The molecule has 1 atom stereocenters. The van der Waals surface area contributed by atoms with E-state index in [1.54, 1.807) is 36.4 Å². The molecular formula is C23H18N4O4. The van der Waals surface area contributed by atoms with E-state index in [4.69, 9.17) is 4.52 Å². The smallest absolute Gasteiger partial charge is 0.270 e. The van der Waals surface area contributed by atoms with Crippen molar-refractivity contribution in [3.05, 3.63) is 112 Å². The van der Waals surface area contributed by atoms with Crippen LogP contribution in [-0.2, 0) is 6.42 Å². The Hall–Kier alpha value is -4.33. The minimum Gasteiger partial charge on any atom is -0.340 e. The summed E-state index contributed by atoms with van der Waals surface area (Å²) in [7, 11) is 0.